The number of carbonyl (C=O) groups excluding carboxylic acids is 1. The van der Waals surface area contributed by atoms with Gasteiger partial charge >= 0.3 is 0 Å². The molecule has 162 valence electrons. The van der Waals surface area contributed by atoms with E-state index in [1.807, 2.05) is 50.1 Å². The first-order valence-corrected chi connectivity index (χ1v) is 11.0. The van der Waals surface area contributed by atoms with Crippen molar-refractivity contribution in [2.45, 2.75) is 45.7 Å². The van der Waals surface area contributed by atoms with Gasteiger partial charge in [0.15, 0.2) is 0 Å². The average molecular weight is 419 g/mol. The lowest BCUT2D eigenvalue weighted by molar-refractivity contribution is 0.0719. The van der Waals surface area contributed by atoms with Crippen molar-refractivity contribution < 1.29 is 9.18 Å². The fraction of sp³-hybridized carbons (Fsp3) is 0.296. The smallest absolute Gasteiger partial charge is 0.253 e. The zero-order valence-corrected chi connectivity index (χ0v) is 18.6. The van der Waals surface area contributed by atoms with Gasteiger partial charge in [-0.3, -0.25) is 4.79 Å². The minimum absolute atomic E-state index is 0.0303. The van der Waals surface area contributed by atoms with Gasteiger partial charge < -0.3 is 10.6 Å². The zero-order chi connectivity index (χ0) is 22.4. The monoisotopic (exact) mass is 418 g/mol. The maximum absolute atomic E-state index is 13.1. The van der Waals surface area contributed by atoms with Gasteiger partial charge in [0.2, 0.25) is 0 Å². The Morgan fingerprint density at radius 3 is 2.19 bits per heavy atom. The third-order valence-electron chi connectivity index (χ3n) is 5.89. The molecule has 2 N–H and O–H groups in total. The highest BCUT2D eigenvalue weighted by molar-refractivity contribution is 5.94. The van der Waals surface area contributed by atoms with Crippen molar-refractivity contribution >= 4 is 5.91 Å². The van der Waals surface area contributed by atoms with Gasteiger partial charge in [-0.25, -0.2) is 4.39 Å². The lowest BCUT2D eigenvalue weighted by atomic mass is 9.86. The van der Waals surface area contributed by atoms with Gasteiger partial charge in [-0.15, -0.1) is 0 Å². The molecule has 31 heavy (non-hydrogen) atoms. The minimum Gasteiger partial charge on any atom is -0.338 e. The highest BCUT2D eigenvalue weighted by atomic mass is 19.1. The minimum atomic E-state index is -0.254. The number of rotatable bonds is 4. The van der Waals surface area contributed by atoms with Gasteiger partial charge in [-0.1, -0.05) is 56.3 Å². The van der Waals surface area contributed by atoms with E-state index in [9.17, 15) is 9.18 Å². The van der Waals surface area contributed by atoms with E-state index in [2.05, 4.69) is 18.2 Å². The van der Waals surface area contributed by atoms with Gasteiger partial charge in [0.25, 0.3) is 5.91 Å². The molecule has 1 unspecified atom stereocenters. The lowest BCUT2D eigenvalue weighted by Crippen LogP contribution is -2.40. The lowest BCUT2D eigenvalue weighted by Gasteiger charge is -2.33. The van der Waals surface area contributed by atoms with Crippen LogP contribution in [0.5, 0.6) is 0 Å². The number of fused-ring (bicyclic) bond motifs is 1. The molecule has 4 rings (SSSR count). The molecule has 0 spiro atoms. The number of nitrogens with two attached hydrogens (primary N) is 1. The van der Waals surface area contributed by atoms with Crippen LogP contribution in [0.15, 0.2) is 66.7 Å². The Bertz CT molecular complexity index is 1010. The molecule has 3 aromatic carbocycles. The second-order valence-electron chi connectivity index (χ2n) is 7.70. The maximum atomic E-state index is 13.1. The van der Waals surface area contributed by atoms with E-state index in [4.69, 9.17) is 5.73 Å². The summed E-state index contributed by atoms with van der Waals surface area (Å²) >= 11 is 0. The topological polar surface area (TPSA) is 46.3 Å². The number of aryl methyl sites for hydroxylation is 1. The number of hydrogen-bond donors (Lipinski definition) is 1. The van der Waals surface area contributed by atoms with Crippen LogP contribution in [0.1, 0.15) is 47.3 Å². The molecule has 1 aliphatic carbocycles. The Kier molecular flexibility index (Phi) is 7.59. The van der Waals surface area contributed by atoms with E-state index >= 15 is 0 Å². The van der Waals surface area contributed by atoms with Crippen LogP contribution in [0, 0.1) is 5.82 Å². The summed E-state index contributed by atoms with van der Waals surface area (Å²) in [6.07, 6.45) is 2.79. The quantitative estimate of drug-likeness (QED) is 0.599. The Hall–Kier alpha value is -2.98. The van der Waals surface area contributed by atoms with Crippen LogP contribution in [0.25, 0.3) is 11.1 Å². The summed E-state index contributed by atoms with van der Waals surface area (Å²) in [5, 5.41) is 0. The molecule has 0 radical (unpaired) electrons. The molecule has 0 saturated carbocycles. The van der Waals surface area contributed by atoms with E-state index in [0.717, 1.165) is 36.0 Å². The summed E-state index contributed by atoms with van der Waals surface area (Å²) in [4.78, 5) is 14.9. The summed E-state index contributed by atoms with van der Waals surface area (Å²) in [6, 6.07) is 20.5. The van der Waals surface area contributed by atoms with Crippen molar-refractivity contribution in [3.05, 3.63) is 94.8 Å². The number of carbonyl (C=O) groups is 1. The number of halogens is 1. The number of hydrogen-bond acceptors (Lipinski definition) is 2. The van der Waals surface area contributed by atoms with Crippen molar-refractivity contribution in [3.63, 3.8) is 0 Å². The second-order valence-corrected chi connectivity index (χ2v) is 7.70. The molecule has 3 nitrogen and oxygen atoms in total. The van der Waals surface area contributed by atoms with E-state index in [1.54, 1.807) is 12.1 Å². The van der Waals surface area contributed by atoms with Crippen molar-refractivity contribution in [1.29, 1.82) is 0 Å². The van der Waals surface area contributed by atoms with Crippen LogP contribution < -0.4 is 5.73 Å². The molecule has 0 aliphatic heterocycles. The molecule has 0 heterocycles. The number of benzene rings is 3. The summed E-state index contributed by atoms with van der Waals surface area (Å²) in [7, 11) is 1.89. The Morgan fingerprint density at radius 2 is 1.58 bits per heavy atom. The first kappa shape index (κ1) is 22.7. The molecule has 1 amide bonds. The van der Waals surface area contributed by atoms with Crippen molar-refractivity contribution in [3.8, 4) is 11.1 Å². The molecule has 1 aliphatic rings. The molecule has 0 fully saturated rings. The van der Waals surface area contributed by atoms with Crippen LogP contribution in [0.3, 0.4) is 0 Å². The predicted octanol–water partition coefficient (Wildman–Crippen LogP) is 5.61. The van der Waals surface area contributed by atoms with Crippen LogP contribution in [0.4, 0.5) is 4.39 Å². The van der Waals surface area contributed by atoms with E-state index in [-0.39, 0.29) is 17.8 Å². The molecule has 3 aromatic rings. The zero-order valence-electron chi connectivity index (χ0n) is 18.6. The van der Waals surface area contributed by atoms with Gasteiger partial charge in [-0.2, -0.15) is 0 Å². The Labute approximate surface area is 184 Å². The van der Waals surface area contributed by atoms with Gasteiger partial charge in [0.05, 0.1) is 0 Å². The van der Waals surface area contributed by atoms with E-state index in [0.29, 0.717) is 12.1 Å². The van der Waals surface area contributed by atoms with Gasteiger partial charge in [0, 0.05) is 25.2 Å². The maximum Gasteiger partial charge on any atom is 0.253 e. The molecule has 0 aromatic heterocycles. The van der Waals surface area contributed by atoms with Gasteiger partial charge in [-0.05, 0) is 71.3 Å². The summed E-state index contributed by atoms with van der Waals surface area (Å²) in [5.41, 5.74) is 12.1. The van der Waals surface area contributed by atoms with Crippen molar-refractivity contribution in [2.75, 3.05) is 7.05 Å². The SMILES string of the molecule is CC.CN(C(=O)c1ccc(-c2ccc(F)cc2)cc1)C1CCc2cc(CN)ccc2C1. The molecule has 0 bridgehead atoms. The predicted molar refractivity (Wildman–Crippen MR) is 125 cm³/mol. The third kappa shape index (κ3) is 5.20. The third-order valence-corrected chi connectivity index (χ3v) is 5.89. The normalized spacial score (nSPS) is 14.8. The van der Waals surface area contributed by atoms with E-state index in [1.165, 1.54) is 23.3 Å². The molecule has 4 heteroatoms. The van der Waals surface area contributed by atoms with E-state index < -0.39 is 0 Å². The Balaban J connectivity index is 0.00000132. The first-order chi connectivity index (χ1) is 15.0. The van der Waals surface area contributed by atoms with Crippen molar-refractivity contribution in [2.24, 2.45) is 5.73 Å². The molecule has 0 saturated heterocycles. The summed E-state index contributed by atoms with van der Waals surface area (Å²) in [6.45, 7) is 4.56. The molecular weight excluding hydrogens is 387 g/mol. The average Bonchev–Trinajstić information content (AvgIpc) is 2.84. The fourth-order valence-corrected chi connectivity index (χ4v) is 4.06. The van der Waals surface area contributed by atoms with Crippen LogP contribution in [0.2, 0.25) is 0 Å². The van der Waals surface area contributed by atoms with Gasteiger partial charge in [0.1, 0.15) is 5.82 Å². The van der Waals surface area contributed by atoms with Crippen molar-refractivity contribution in [1.82, 2.24) is 4.90 Å². The van der Waals surface area contributed by atoms with Crippen LogP contribution in [-0.2, 0) is 19.4 Å². The number of likely N-dealkylation sites (N-methyl/N-ethyl adjacent to an activating group) is 1. The van der Waals surface area contributed by atoms with Crippen LogP contribution >= 0.6 is 0 Å². The first-order valence-electron chi connectivity index (χ1n) is 11.0. The summed E-state index contributed by atoms with van der Waals surface area (Å²) < 4.78 is 13.1. The highest BCUT2D eigenvalue weighted by Crippen LogP contribution is 2.26. The number of nitrogens with zero attached hydrogens (tertiary/aromatic N) is 1. The molecular formula is C27H31FN2O. The number of amides is 1. The highest BCUT2D eigenvalue weighted by Gasteiger charge is 2.25. The summed E-state index contributed by atoms with van der Waals surface area (Å²) in [5.74, 6) is -0.224. The standard InChI is InChI=1S/C25H25FN2O.C2H6/c1-28(24-13-10-21-14-17(16-27)2-3-22(21)15-24)25(29)20-6-4-18(5-7-20)19-8-11-23(26)12-9-19;1-2/h2-9,11-12,14,24H,10,13,15-16,27H2,1H3;1-2H3. The molecule has 1 atom stereocenters. The second kappa shape index (κ2) is 10.4. The Morgan fingerprint density at radius 1 is 0.968 bits per heavy atom. The largest absolute Gasteiger partial charge is 0.338 e. The van der Waals surface area contributed by atoms with Crippen LogP contribution in [-0.4, -0.2) is 23.9 Å². The fourth-order valence-electron chi connectivity index (χ4n) is 4.06.